The fourth-order valence-corrected chi connectivity index (χ4v) is 0.710. The first kappa shape index (κ1) is 10.7. The van der Waals surface area contributed by atoms with Crippen molar-refractivity contribution >= 4 is 10.1 Å². The van der Waals surface area contributed by atoms with E-state index in [0.29, 0.717) is 0 Å². The van der Waals surface area contributed by atoms with Crippen molar-refractivity contribution < 1.29 is 31.2 Å². The predicted octanol–water partition coefficient (Wildman–Crippen LogP) is 0.145. The zero-order valence-electron chi connectivity index (χ0n) is 5.04. The summed E-state index contributed by atoms with van der Waals surface area (Å²) in [5.74, 6) is 0. The Morgan fingerprint density at radius 2 is 1.82 bits per heavy atom. The Labute approximate surface area is 60.4 Å². The molecule has 4 nitrogen and oxygen atoms in total. The topological polar surface area (TPSA) is 74.6 Å². The average Bonchev–Trinajstić information content (AvgIpc) is 1.56. The lowest BCUT2D eigenvalue weighted by atomic mass is 10.4. The fourth-order valence-electron chi connectivity index (χ4n) is 0.298. The van der Waals surface area contributed by atoms with Crippen molar-refractivity contribution in [3.05, 3.63) is 0 Å². The Hall–Kier alpha value is -0.340. The van der Waals surface area contributed by atoms with Crippen molar-refractivity contribution in [3.63, 3.8) is 0 Å². The minimum Gasteiger partial charge on any atom is -0.336 e. The molecule has 0 amide bonds. The number of rotatable bonds is 3. The van der Waals surface area contributed by atoms with Crippen molar-refractivity contribution in [2.45, 2.75) is 18.0 Å². The van der Waals surface area contributed by atoms with Gasteiger partial charge in [-0.3, -0.25) is 4.55 Å². The molecule has 11 heavy (non-hydrogen) atoms. The van der Waals surface area contributed by atoms with Gasteiger partial charge in [0, 0.05) is 0 Å². The second-order valence-electron chi connectivity index (χ2n) is 1.79. The summed E-state index contributed by atoms with van der Waals surface area (Å²) >= 11 is 0. The quantitative estimate of drug-likeness (QED) is 0.627. The van der Waals surface area contributed by atoms with E-state index in [4.69, 9.17) is 9.66 Å². The molecule has 0 aliphatic rings. The SMILES string of the molecule is O=S(=O)(O)C(F)CC(O)(F)F. The maximum absolute atomic E-state index is 11.9. The van der Waals surface area contributed by atoms with Gasteiger partial charge in [0.2, 0.25) is 5.50 Å². The summed E-state index contributed by atoms with van der Waals surface area (Å²) in [4.78, 5) is 0. The smallest absolute Gasteiger partial charge is 0.336 e. The number of halogens is 3. The summed E-state index contributed by atoms with van der Waals surface area (Å²) in [6.07, 6.45) is -6.40. The third-order valence-corrected chi connectivity index (χ3v) is 1.54. The molecule has 0 rings (SSSR count). The summed E-state index contributed by atoms with van der Waals surface area (Å²) in [7, 11) is -5.14. The number of hydrogen-bond acceptors (Lipinski definition) is 3. The first-order valence-corrected chi connectivity index (χ1v) is 3.84. The Morgan fingerprint density at radius 3 is 1.91 bits per heavy atom. The van der Waals surface area contributed by atoms with E-state index in [1.807, 2.05) is 0 Å². The molecule has 0 aromatic carbocycles. The molecule has 0 saturated carbocycles. The zero-order valence-corrected chi connectivity index (χ0v) is 5.85. The lowest BCUT2D eigenvalue weighted by Crippen LogP contribution is -2.26. The normalized spacial score (nSPS) is 16.5. The molecule has 68 valence electrons. The Kier molecular flexibility index (Phi) is 2.86. The molecule has 0 aliphatic carbocycles. The Balaban J connectivity index is 4.22. The van der Waals surface area contributed by atoms with Gasteiger partial charge in [0.15, 0.2) is 0 Å². The van der Waals surface area contributed by atoms with Crippen molar-refractivity contribution in [2.75, 3.05) is 0 Å². The van der Waals surface area contributed by atoms with Crippen LogP contribution in [0, 0.1) is 0 Å². The van der Waals surface area contributed by atoms with Crippen LogP contribution in [-0.4, -0.2) is 29.7 Å². The molecule has 0 heterocycles. The van der Waals surface area contributed by atoms with E-state index in [2.05, 4.69) is 0 Å². The van der Waals surface area contributed by atoms with E-state index in [1.54, 1.807) is 0 Å². The Morgan fingerprint density at radius 1 is 1.45 bits per heavy atom. The van der Waals surface area contributed by atoms with E-state index in [0.717, 1.165) is 0 Å². The van der Waals surface area contributed by atoms with Gasteiger partial charge in [0.05, 0.1) is 6.42 Å². The van der Waals surface area contributed by atoms with Gasteiger partial charge >= 0.3 is 6.11 Å². The summed E-state index contributed by atoms with van der Waals surface area (Å²) in [5, 5.41) is 7.60. The molecule has 0 fully saturated rings. The fraction of sp³-hybridized carbons (Fsp3) is 1.00. The molecule has 0 spiro atoms. The van der Waals surface area contributed by atoms with Gasteiger partial charge in [-0.2, -0.15) is 17.2 Å². The number of hydrogen-bond donors (Lipinski definition) is 2. The minimum absolute atomic E-state index is 1.97. The minimum atomic E-state index is -5.14. The zero-order chi connectivity index (χ0) is 9.28. The standard InChI is InChI=1S/C3H5F3O4S/c4-2(11(8,9)10)1-3(5,6)7/h2,7H,1H2,(H,8,9,10). The largest absolute Gasteiger partial charge is 0.357 e. The van der Waals surface area contributed by atoms with Crippen LogP contribution in [0.1, 0.15) is 6.42 Å². The lowest BCUT2D eigenvalue weighted by molar-refractivity contribution is -0.207. The molecule has 0 radical (unpaired) electrons. The third kappa shape index (κ3) is 4.99. The van der Waals surface area contributed by atoms with E-state index < -0.39 is 28.2 Å². The average molecular weight is 194 g/mol. The van der Waals surface area contributed by atoms with Gasteiger partial charge < -0.3 is 5.11 Å². The summed E-state index contributed by atoms with van der Waals surface area (Å²) < 4.78 is 62.1. The van der Waals surface area contributed by atoms with E-state index in [1.165, 1.54) is 0 Å². The first-order valence-electron chi connectivity index (χ1n) is 2.33. The van der Waals surface area contributed by atoms with E-state index >= 15 is 0 Å². The van der Waals surface area contributed by atoms with Gasteiger partial charge in [-0.05, 0) is 0 Å². The molecular formula is C3H5F3O4S. The molecule has 0 saturated heterocycles. The van der Waals surface area contributed by atoms with Crippen LogP contribution in [0.2, 0.25) is 0 Å². The van der Waals surface area contributed by atoms with Crippen molar-refractivity contribution in [1.82, 2.24) is 0 Å². The molecule has 0 aromatic rings. The highest BCUT2D eigenvalue weighted by molar-refractivity contribution is 7.86. The molecule has 0 aliphatic heterocycles. The van der Waals surface area contributed by atoms with Crippen LogP contribution in [0.5, 0.6) is 0 Å². The van der Waals surface area contributed by atoms with Crippen LogP contribution in [-0.2, 0) is 10.1 Å². The van der Waals surface area contributed by atoms with Crippen LogP contribution in [0.25, 0.3) is 0 Å². The van der Waals surface area contributed by atoms with Crippen LogP contribution in [0.4, 0.5) is 13.2 Å². The Bertz CT molecular complexity index is 217. The van der Waals surface area contributed by atoms with Gasteiger partial charge in [0.1, 0.15) is 0 Å². The number of alkyl halides is 3. The summed E-state index contributed by atoms with van der Waals surface area (Å²) in [5.41, 5.74) is -3.16. The van der Waals surface area contributed by atoms with Crippen molar-refractivity contribution in [1.29, 1.82) is 0 Å². The van der Waals surface area contributed by atoms with Gasteiger partial charge in [-0.25, -0.2) is 4.39 Å². The monoisotopic (exact) mass is 194 g/mol. The van der Waals surface area contributed by atoms with Crippen LogP contribution >= 0.6 is 0 Å². The molecule has 0 aromatic heterocycles. The highest BCUT2D eigenvalue weighted by Crippen LogP contribution is 2.20. The highest BCUT2D eigenvalue weighted by atomic mass is 32.2. The van der Waals surface area contributed by atoms with Crippen molar-refractivity contribution in [2.24, 2.45) is 0 Å². The molecular weight excluding hydrogens is 189 g/mol. The summed E-state index contributed by atoms with van der Waals surface area (Å²) in [6, 6.07) is 0. The van der Waals surface area contributed by atoms with Gasteiger partial charge in [0.25, 0.3) is 10.1 Å². The maximum Gasteiger partial charge on any atom is 0.357 e. The number of aliphatic hydroxyl groups is 1. The first-order chi connectivity index (χ1) is 4.63. The second-order valence-corrected chi connectivity index (χ2v) is 3.34. The van der Waals surface area contributed by atoms with Gasteiger partial charge in [-0.15, -0.1) is 0 Å². The van der Waals surface area contributed by atoms with Crippen LogP contribution in [0.3, 0.4) is 0 Å². The molecule has 8 heteroatoms. The molecule has 0 bridgehead atoms. The van der Waals surface area contributed by atoms with Crippen molar-refractivity contribution in [3.8, 4) is 0 Å². The lowest BCUT2D eigenvalue weighted by Gasteiger charge is -2.09. The molecule has 2 N–H and O–H groups in total. The summed E-state index contributed by atoms with van der Waals surface area (Å²) in [6.45, 7) is 0. The van der Waals surface area contributed by atoms with Gasteiger partial charge in [-0.1, -0.05) is 0 Å². The second kappa shape index (κ2) is 2.95. The molecule has 1 atom stereocenters. The van der Waals surface area contributed by atoms with Crippen LogP contribution < -0.4 is 0 Å². The maximum atomic E-state index is 11.9. The molecule has 1 unspecified atom stereocenters. The van der Waals surface area contributed by atoms with E-state index in [9.17, 15) is 21.6 Å². The van der Waals surface area contributed by atoms with E-state index in [-0.39, 0.29) is 0 Å². The predicted molar refractivity (Wildman–Crippen MR) is 28.2 cm³/mol. The highest BCUT2D eigenvalue weighted by Gasteiger charge is 2.35. The van der Waals surface area contributed by atoms with Crippen LogP contribution in [0.15, 0.2) is 0 Å². The third-order valence-electron chi connectivity index (χ3n) is 0.729.